The molecule has 0 aliphatic carbocycles. The first-order valence-electron chi connectivity index (χ1n) is 17.3. The standard InChI is InChI=1S/C47H37N3/c1-32-33(2)47(50(37-22-8-5-9-23-37)45-31-35-19-11-13-25-39(35)41-27-15-17-29-43(41)45)48(3)46(32)49(36-20-6-4-7-21-36)44-30-34-18-10-12-24-38(34)40-26-14-16-28-42(40)44/h4-31H,1-3H3. The van der Waals surface area contributed by atoms with Crippen molar-refractivity contribution in [2.75, 3.05) is 9.80 Å². The Morgan fingerprint density at radius 3 is 1.08 bits per heavy atom. The highest BCUT2D eigenvalue weighted by Gasteiger charge is 2.29. The number of rotatable bonds is 6. The molecule has 1 heterocycles. The Balaban J connectivity index is 1.36. The smallest absolute Gasteiger partial charge is 0.122 e. The van der Waals surface area contributed by atoms with E-state index < -0.39 is 0 Å². The Hall–Kier alpha value is -6.32. The molecule has 0 spiro atoms. The second kappa shape index (κ2) is 12.0. The number of para-hydroxylation sites is 2. The maximum absolute atomic E-state index is 2.46. The molecule has 0 bridgehead atoms. The Bertz CT molecular complexity index is 2500. The molecule has 1 aromatic heterocycles. The van der Waals surface area contributed by atoms with Gasteiger partial charge in [0.15, 0.2) is 0 Å². The Labute approximate surface area is 292 Å². The molecule has 3 heteroatoms. The first-order valence-corrected chi connectivity index (χ1v) is 17.3. The van der Waals surface area contributed by atoms with Crippen LogP contribution in [0.1, 0.15) is 11.1 Å². The van der Waals surface area contributed by atoms with E-state index in [1.54, 1.807) is 0 Å². The van der Waals surface area contributed by atoms with Crippen LogP contribution in [-0.2, 0) is 7.05 Å². The van der Waals surface area contributed by atoms with Gasteiger partial charge in [0, 0.05) is 29.2 Å². The summed E-state index contributed by atoms with van der Waals surface area (Å²) >= 11 is 0. The highest BCUT2D eigenvalue weighted by atomic mass is 15.3. The highest BCUT2D eigenvalue weighted by Crippen LogP contribution is 2.49. The molecule has 0 amide bonds. The van der Waals surface area contributed by atoms with Crippen molar-refractivity contribution in [3.63, 3.8) is 0 Å². The van der Waals surface area contributed by atoms with E-state index in [0.29, 0.717) is 0 Å². The van der Waals surface area contributed by atoms with Gasteiger partial charge in [-0.25, -0.2) is 0 Å². The van der Waals surface area contributed by atoms with E-state index in [4.69, 9.17) is 0 Å². The molecule has 0 fully saturated rings. The zero-order chi connectivity index (χ0) is 33.8. The largest absolute Gasteiger partial charge is 0.316 e. The third-order valence-electron chi connectivity index (χ3n) is 10.3. The molecular formula is C47H37N3. The van der Waals surface area contributed by atoms with E-state index in [1.807, 2.05) is 0 Å². The number of hydrogen-bond donors (Lipinski definition) is 0. The summed E-state index contributed by atoms with van der Waals surface area (Å²) in [5.74, 6) is 2.27. The number of aromatic nitrogens is 1. The first-order chi connectivity index (χ1) is 24.6. The minimum Gasteiger partial charge on any atom is -0.316 e. The molecular weight excluding hydrogens is 607 g/mol. The van der Waals surface area contributed by atoms with Crippen LogP contribution in [0, 0.1) is 13.8 Å². The van der Waals surface area contributed by atoms with Gasteiger partial charge >= 0.3 is 0 Å². The molecule has 0 aliphatic heterocycles. The molecule has 3 nitrogen and oxygen atoms in total. The van der Waals surface area contributed by atoms with Crippen LogP contribution in [0.2, 0.25) is 0 Å². The Morgan fingerprint density at radius 1 is 0.360 bits per heavy atom. The molecule has 8 aromatic carbocycles. The molecule has 0 unspecified atom stereocenters. The predicted octanol–water partition coefficient (Wildman–Crippen LogP) is 13.2. The molecule has 50 heavy (non-hydrogen) atoms. The SMILES string of the molecule is Cc1c(C)c(N(c2ccccc2)c2cc3ccccc3c3ccccc23)n(C)c1N(c1ccccc1)c1cc2ccccc2c2ccccc12. The Kier molecular flexibility index (Phi) is 7.14. The molecule has 0 radical (unpaired) electrons. The normalized spacial score (nSPS) is 11.5. The van der Waals surface area contributed by atoms with Crippen LogP contribution in [0.25, 0.3) is 43.1 Å². The molecule has 0 saturated carbocycles. The number of hydrogen-bond acceptors (Lipinski definition) is 2. The summed E-state index contributed by atoms with van der Waals surface area (Å²) in [6.07, 6.45) is 0. The van der Waals surface area contributed by atoms with Gasteiger partial charge in [-0.1, -0.05) is 133 Å². The van der Waals surface area contributed by atoms with Gasteiger partial charge in [0.2, 0.25) is 0 Å². The lowest BCUT2D eigenvalue weighted by atomic mass is 9.99. The lowest BCUT2D eigenvalue weighted by Gasteiger charge is -2.31. The zero-order valence-electron chi connectivity index (χ0n) is 28.5. The van der Waals surface area contributed by atoms with Crippen molar-refractivity contribution in [1.82, 2.24) is 4.57 Å². The van der Waals surface area contributed by atoms with Crippen LogP contribution in [0.4, 0.5) is 34.4 Å². The van der Waals surface area contributed by atoms with Crippen LogP contribution < -0.4 is 9.80 Å². The molecule has 240 valence electrons. The van der Waals surface area contributed by atoms with Crippen molar-refractivity contribution in [2.24, 2.45) is 7.05 Å². The third kappa shape index (κ3) is 4.66. The fourth-order valence-electron chi connectivity index (χ4n) is 7.92. The maximum Gasteiger partial charge on any atom is 0.122 e. The van der Waals surface area contributed by atoms with Crippen molar-refractivity contribution in [1.29, 1.82) is 0 Å². The molecule has 9 aromatic rings. The summed E-state index contributed by atoms with van der Waals surface area (Å²) in [6.45, 7) is 4.55. The van der Waals surface area contributed by atoms with Gasteiger partial charge < -0.3 is 4.57 Å². The number of anilines is 6. The van der Waals surface area contributed by atoms with Crippen molar-refractivity contribution >= 4 is 77.5 Å². The molecule has 0 aliphatic rings. The van der Waals surface area contributed by atoms with Crippen LogP contribution in [0.3, 0.4) is 0 Å². The summed E-state index contributed by atoms with van der Waals surface area (Å²) in [5, 5.41) is 9.90. The third-order valence-corrected chi connectivity index (χ3v) is 10.3. The zero-order valence-corrected chi connectivity index (χ0v) is 28.5. The van der Waals surface area contributed by atoms with E-state index in [0.717, 1.165) is 34.4 Å². The second-order valence-corrected chi connectivity index (χ2v) is 13.1. The summed E-state index contributed by atoms with van der Waals surface area (Å²) in [6, 6.07) is 61.4. The van der Waals surface area contributed by atoms with Gasteiger partial charge in [-0.2, -0.15) is 0 Å². The van der Waals surface area contributed by atoms with Gasteiger partial charge in [0.1, 0.15) is 11.6 Å². The molecule has 0 atom stereocenters. The first kappa shape index (κ1) is 29.8. The molecule has 9 rings (SSSR count). The van der Waals surface area contributed by atoms with Crippen LogP contribution in [0.5, 0.6) is 0 Å². The summed E-state index contributed by atoms with van der Waals surface area (Å²) < 4.78 is 2.40. The van der Waals surface area contributed by atoms with E-state index in [-0.39, 0.29) is 0 Å². The van der Waals surface area contributed by atoms with Gasteiger partial charge in [-0.15, -0.1) is 0 Å². The molecule has 0 saturated heterocycles. The fraction of sp³-hybridized carbons (Fsp3) is 0.0638. The van der Waals surface area contributed by atoms with E-state index in [9.17, 15) is 0 Å². The van der Waals surface area contributed by atoms with Crippen LogP contribution >= 0.6 is 0 Å². The number of fused-ring (bicyclic) bond motifs is 6. The Morgan fingerprint density at radius 2 is 0.680 bits per heavy atom. The molecule has 0 N–H and O–H groups in total. The topological polar surface area (TPSA) is 11.4 Å². The second-order valence-electron chi connectivity index (χ2n) is 13.1. The lowest BCUT2D eigenvalue weighted by Crippen LogP contribution is -2.18. The summed E-state index contributed by atoms with van der Waals surface area (Å²) in [7, 11) is 2.23. The van der Waals surface area contributed by atoms with Crippen molar-refractivity contribution < 1.29 is 0 Å². The minimum absolute atomic E-state index is 1.12. The van der Waals surface area contributed by atoms with Crippen molar-refractivity contribution in [3.05, 3.63) is 181 Å². The van der Waals surface area contributed by atoms with Gasteiger partial charge in [-0.05, 0) is 93.7 Å². The van der Waals surface area contributed by atoms with Crippen LogP contribution in [-0.4, -0.2) is 4.57 Å². The number of benzene rings is 8. The minimum atomic E-state index is 1.12. The van der Waals surface area contributed by atoms with Crippen molar-refractivity contribution in [2.45, 2.75) is 13.8 Å². The van der Waals surface area contributed by atoms with Gasteiger partial charge in [0.25, 0.3) is 0 Å². The maximum atomic E-state index is 2.46. The number of nitrogens with zero attached hydrogens (tertiary/aromatic N) is 3. The predicted molar refractivity (Wildman–Crippen MR) is 214 cm³/mol. The van der Waals surface area contributed by atoms with E-state index >= 15 is 0 Å². The van der Waals surface area contributed by atoms with Crippen molar-refractivity contribution in [3.8, 4) is 0 Å². The fourth-order valence-corrected chi connectivity index (χ4v) is 7.92. The van der Waals surface area contributed by atoms with E-state index in [2.05, 4.69) is 205 Å². The quantitative estimate of drug-likeness (QED) is 0.167. The average Bonchev–Trinajstić information content (AvgIpc) is 3.39. The van der Waals surface area contributed by atoms with Crippen LogP contribution in [0.15, 0.2) is 170 Å². The highest BCUT2D eigenvalue weighted by molar-refractivity contribution is 6.16. The van der Waals surface area contributed by atoms with Gasteiger partial charge in [0.05, 0.1) is 11.4 Å². The average molecular weight is 644 g/mol. The lowest BCUT2D eigenvalue weighted by molar-refractivity contribution is 0.897. The van der Waals surface area contributed by atoms with Gasteiger partial charge in [-0.3, -0.25) is 9.80 Å². The van der Waals surface area contributed by atoms with E-state index in [1.165, 1.54) is 54.2 Å². The summed E-state index contributed by atoms with van der Waals surface area (Å²) in [5.41, 5.74) is 7.01. The monoisotopic (exact) mass is 643 g/mol. The summed E-state index contributed by atoms with van der Waals surface area (Å²) in [4.78, 5) is 4.92.